The van der Waals surface area contributed by atoms with E-state index in [9.17, 15) is 5.11 Å². The van der Waals surface area contributed by atoms with Gasteiger partial charge in [-0.15, -0.1) is 0 Å². The zero-order chi connectivity index (χ0) is 18.8. The minimum atomic E-state index is 0.0815. The van der Waals surface area contributed by atoms with Gasteiger partial charge in [-0.1, -0.05) is 83.9 Å². The Kier molecular flexibility index (Phi) is 4.85. The first-order valence-electron chi connectivity index (χ1n) is 8.44. The van der Waals surface area contributed by atoms with Crippen LogP contribution in [0.25, 0.3) is 33.6 Å². The SMILES string of the molecule is Oc1ccc(Cl)cc1-c1nc(-c2ccccc2)cc(-c2ccccc2)c1Cl. The van der Waals surface area contributed by atoms with Crippen molar-refractivity contribution in [1.29, 1.82) is 0 Å². The van der Waals surface area contributed by atoms with Gasteiger partial charge in [0.25, 0.3) is 0 Å². The molecule has 0 saturated carbocycles. The smallest absolute Gasteiger partial charge is 0.125 e. The third kappa shape index (κ3) is 3.55. The van der Waals surface area contributed by atoms with Gasteiger partial charge in [0.05, 0.1) is 16.4 Å². The Morgan fingerprint density at radius 2 is 1.30 bits per heavy atom. The molecular weight excluding hydrogens is 377 g/mol. The lowest BCUT2D eigenvalue weighted by Gasteiger charge is -2.14. The minimum Gasteiger partial charge on any atom is -0.507 e. The van der Waals surface area contributed by atoms with E-state index >= 15 is 0 Å². The molecule has 0 saturated heterocycles. The molecule has 2 nitrogen and oxygen atoms in total. The fourth-order valence-corrected chi connectivity index (χ4v) is 3.47. The summed E-state index contributed by atoms with van der Waals surface area (Å²) in [4.78, 5) is 4.75. The average molecular weight is 392 g/mol. The van der Waals surface area contributed by atoms with Crippen LogP contribution < -0.4 is 0 Å². The van der Waals surface area contributed by atoms with Crippen molar-refractivity contribution < 1.29 is 5.11 Å². The third-order valence-corrected chi connectivity index (χ3v) is 4.94. The zero-order valence-electron chi connectivity index (χ0n) is 14.2. The van der Waals surface area contributed by atoms with Crippen LogP contribution in [0.1, 0.15) is 0 Å². The van der Waals surface area contributed by atoms with Crippen LogP contribution >= 0.6 is 23.2 Å². The first kappa shape index (κ1) is 17.6. The lowest BCUT2D eigenvalue weighted by atomic mass is 9.99. The molecular formula is C23H15Cl2NO. The molecule has 1 heterocycles. The van der Waals surface area contributed by atoms with E-state index in [0.29, 0.717) is 21.3 Å². The van der Waals surface area contributed by atoms with Gasteiger partial charge in [0, 0.05) is 21.7 Å². The summed E-state index contributed by atoms with van der Waals surface area (Å²) in [6.07, 6.45) is 0. The average Bonchev–Trinajstić information content (AvgIpc) is 2.71. The summed E-state index contributed by atoms with van der Waals surface area (Å²) in [6, 6.07) is 26.6. The molecule has 0 aliphatic heterocycles. The number of pyridine rings is 1. The highest BCUT2D eigenvalue weighted by atomic mass is 35.5. The van der Waals surface area contributed by atoms with Gasteiger partial charge in [-0.05, 0) is 29.8 Å². The second-order valence-electron chi connectivity index (χ2n) is 6.11. The Morgan fingerprint density at radius 1 is 0.667 bits per heavy atom. The molecule has 0 bridgehead atoms. The van der Waals surface area contributed by atoms with Crippen molar-refractivity contribution in [1.82, 2.24) is 4.98 Å². The standard InChI is InChI=1S/C23H15Cl2NO/c24-17-11-12-21(27)19(13-17)23-22(25)18(15-7-3-1-4-8-15)14-20(26-23)16-9-5-2-6-10-16/h1-14,27H. The van der Waals surface area contributed by atoms with Gasteiger partial charge >= 0.3 is 0 Å². The molecule has 0 fully saturated rings. The van der Waals surface area contributed by atoms with Crippen LogP contribution in [-0.2, 0) is 0 Å². The molecule has 0 aliphatic carbocycles. The van der Waals surface area contributed by atoms with Crippen LogP contribution in [0.15, 0.2) is 84.9 Å². The highest BCUT2D eigenvalue weighted by molar-refractivity contribution is 6.36. The number of hydrogen-bond acceptors (Lipinski definition) is 2. The summed E-state index contributed by atoms with van der Waals surface area (Å²) in [7, 11) is 0. The maximum atomic E-state index is 10.4. The summed E-state index contributed by atoms with van der Waals surface area (Å²) in [5.74, 6) is 0.0815. The van der Waals surface area contributed by atoms with E-state index in [1.54, 1.807) is 18.2 Å². The molecule has 0 unspecified atom stereocenters. The molecule has 1 N–H and O–H groups in total. The molecule has 1 aromatic heterocycles. The fourth-order valence-electron chi connectivity index (χ4n) is 2.99. The predicted octanol–water partition coefficient (Wildman–Crippen LogP) is 7.10. The van der Waals surface area contributed by atoms with Gasteiger partial charge in [-0.3, -0.25) is 0 Å². The van der Waals surface area contributed by atoms with E-state index in [2.05, 4.69) is 0 Å². The van der Waals surface area contributed by atoms with Crippen molar-refractivity contribution >= 4 is 23.2 Å². The Labute approximate surface area is 167 Å². The Hall–Kier alpha value is -2.81. The number of phenols is 1. The molecule has 132 valence electrons. The van der Waals surface area contributed by atoms with Crippen molar-refractivity contribution in [2.24, 2.45) is 0 Å². The van der Waals surface area contributed by atoms with Gasteiger partial charge in [0.15, 0.2) is 0 Å². The number of rotatable bonds is 3. The van der Waals surface area contributed by atoms with Crippen LogP contribution in [-0.4, -0.2) is 10.1 Å². The first-order valence-corrected chi connectivity index (χ1v) is 9.19. The summed E-state index contributed by atoms with van der Waals surface area (Å²) < 4.78 is 0. The number of halogens is 2. The Morgan fingerprint density at radius 3 is 1.96 bits per heavy atom. The molecule has 0 aliphatic rings. The van der Waals surface area contributed by atoms with Crippen LogP contribution in [0.5, 0.6) is 5.75 Å². The van der Waals surface area contributed by atoms with Crippen molar-refractivity contribution in [3.63, 3.8) is 0 Å². The van der Waals surface area contributed by atoms with E-state index in [0.717, 1.165) is 22.4 Å². The molecule has 0 radical (unpaired) electrons. The molecule has 0 spiro atoms. The maximum absolute atomic E-state index is 10.4. The summed E-state index contributed by atoms with van der Waals surface area (Å²) in [6.45, 7) is 0. The summed E-state index contributed by atoms with van der Waals surface area (Å²) in [5.41, 5.74) is 4.56. The van der Waals surface area contributed by atoms with Crippen molar-refractivity contribution in [3.05, 3.63) is 95.0 Å². The van der Waals surface area contributed by atoms with Gasteiger partial charge in [0.2, 0.25) is 0 Å². The largest absolute Gasteiger partial charge is 0.507 e. The van der Waals surface area contributed by atoms with Crippen LogP contribution in [0.4, 0.5) is 0 Å². The Balaban J connectivity index is 2.02. The van der Waals surface area contributed by atoms with Gasteiger partial charge in [-0.25, -0.2) is 4.98 Å². The van der Waals surface area contributed by atoms with E-state index in [-0.39, 0.29) is 5.75 Å². The predicted molar refractivity (Wildman–Crippen MR) is 112 cm³/mol. The van der Waals surface area contributed by atoms with Crippen molar-refractivity contribution in [2.75, 3.05) is 0 Å². The van der Waals surface area contributed by atoms with E-state index < -0.39 is 0 Å². The van der Waals surface area contributed by atoms with E-state index in [1.165, 1.54) is 0 Å². The van der Waals surface area contributed by atoms with Crippen molar-refractivity contribution in [2.45, 2.75) is 0 Å². The molecule has 4 aromatic rings. The molecule has 0 amide bonds. The summed E-state index contributed by atoms with van der Waals surface area (Å²) >= 11 is 12.9. The number of hydrogen-bond donors (Lipinski definition) is 1. The summed E-state index contributed by atoms with van der Waals surface area (Å²) in [5, 5.41) is 11.4. The van der Waals surface area contributed by atoms with Crippen molar-refractivity contribution in [3.8, 4) is 39.4 Å². The van der Waals surface area contributed by atoms with Crippen LogP contribution in [0.3, 0.4) is 0 Å². The minimum absolute atomic E-state index is 0.0815. The van der Waals surface area contributed by atoms with Crippen LogP contribution in [0.2, 0.25) is 10.0 Å². The number of nitrogens with zero attached hydrogens (tertiary/aromatic N) is 1. The molecule has 4 heteroatoms. The quantitative estimate of drug-likeness (QED) is 0.404. The third-order valence-electron chi connectivity index (χ3n) is 4.33. The lowest BCUT2D eigenvalue weighted by molar-refractivity contribution is 0.477. The molecule has 4 rings (SSSR count). The maximum Gasteiger partial charge on any atom is 0.125 e. The monoisotopic (exact) mass is 391 g/mol. The molecule has 0 atom stereocenters. The van der Waals surface area contributed by atoms with Gasteiger partial charge < -0.3 is 5.11 Å². The van der Waals surface area contributed by atoms with Gasteiger partial charge in [-0.2, -0.15) is 0 Å². The van der Waals surface area contributed by atoms with Crippen LogP contribution in [0, 0.1) is 0 Å². The molecule has 27 heavy (non-hydrogen) atoms. The number of phenolic OH excluding ortho intramolecular Hbond substituents is 1. The number of benzene rings is 3. The lowest BCUT2D eigenvalue weighted by Crippen LogP contribution is -1.94. The normalized spacial score (nSPS) is 10.7. The van der Waals surface area contributed by atoms with E-state index in [4.69, 9.17) is 28.2 Å². The second kappa shape index (κ2) is 7.43. The Bertz CT molecular complexity index is 1100. The number of aromatic hydroxyl groups is 1. The van der Waals surface area contributed by atoms with E-state index in [1.807, 2.05) is 66.7 Å². The van der Waals surface area contributed by atoms with Gasteiger partial charge in [0.1, 0.15) is 5.75 Å². The number of aromatic nitrogens is 1. The zero-order valence-corrected chi connectivity index (χ0v) is 15.7. The molecule has 3 aromatic carbocycles. The fraction of sp³-hybridized carbons (Fsp3) is 0. The highest BCUT2D eigenvalue weighted by Gasteiger charge is 2.17. The highest BCUT2D eigenvalue weighted by Crippen LogP contribution is 2.41. The topological polar surface area (TPSA) is 33.1 Å². The second-order valence-corrected chi connectivity index (χ2v) is 6.93. The first-order chi connectivity index (χ1) is 13.1.